The van der Waals surface area contributed by atoms with Crippen molar-refractivity contribution in [1.29, 1.82) is 0 Å². The highest BCUT2D eigenvalue weighted by Crippen LogP contribution is 2.24. The lowest BCUT2D eigenvalue weighted by Gasteiger charge is -2.32. The van der Waals surface area contributed by atoms with E-state index in [1.807, 2.05) is 29.2 Å². The van der Waals surface area contributed by atoms with Crippen LogP contribution in [-0.2, 0) is 9.53 Å². The van der Waals surface area contributed by atoms with E-state index < -0.39 is 5.97 Å². The molecular weight excluding hydrogens is 270 g/mol. The lowest BCUT2D eigenvalue weighted by Crippen LogP contribution is -2.41. The Morgan fingerprint density at radius 1 is 1.43 bits per heavy atom. The second-order valence-corrected chi connectivity index (χ2v) is 5.26. The van der Waals surface area contributed by atoms with Gasteiger partial charge in [-0.2, -0.15) is 0 Å². The molecule has 1 aliphatic heterocycles. The van der Waals surface area contributed by atoms with Crippen molar-refractivity contribution in [2.75, 3.05) is 32.8 Å². The zero-order valence-electron chi connectivity index (χ0n) is 12.5. The second kappa shape index (κ2) is 8.00. The Balaban J connectivity index is 1.90. The van der Waals surface area contributed by atoms with Crippen LogP contribution >= 0.6 is 0 Å². The van der Waals surface area contributed by atoms with Crippen LogP contribution in [0.3, 0.4) is 0 Å². The van der Waals surface area contributed by atoms with Gasteiger partial charge in [0.2, 0.25) is 0 Å². The molecule has 5 nitrogen and oxygen atoms in total. The van der Waals surface area contributed by atoms with Crippen LogP contribution in [-0.4, -0.2) is 48.8 Å². The maximum Gasteiger partial charge on any atom is 0.317 e. The van der Waals surface area contributed by atoms with Crippen LogP contribution in [0.15, 0.2) is 24.3 Å². The summed E-state index contributed by atoms with van der Waals surface area (Å²) in [5.74, 6) is 0.0701. The SMILES string of the molecule is CCCCOc1ccc(C2CN(CC(=O)O)CCO2)cc1. The first-order valence-corrected chi connectivity index (χ1v) is 7.47. The Labute approximate surface area is 125 Å². The van der Waals surface area contributed by atoms with Gasteiger partial charge in [-0.25, -0.2) is 0 Å². The van der Waals surface area contributed by atoms with Gasteiger partial charge in [0.15, 0.2) is 0 Å². The van der Waals surface area contributed by atoms with E-state index in [9.17, 15) is 4.79 Å². The predicted octanol–water partition coefficient (Wildman–Crippen LogP) is 2.32. The molecule has 0 aliphatic carbocycles. The third-order valence-corrected chi connectivity index (χ3v) is 3.53. The van der Waals surface area contributed by atoms with Crippen LogP contribution < -0.4 is 4.74 Å². The molecule has 0 radical (unpaired) electrons. The lowest BCUT2D eigenvalue weighted by atomic mass is 10.1. The minimum absolute atomic E-state index is 0.0669. The van der Waals surface area contributed by atoms with Gasteiger partial charge in [-0.3, -0.25) is 9.69 Å². The van der Waals surface area contributed by atoms with Crippen LogP contribution in [0.4, 0.5) is 0 Å². The topological polar surface area (TPSA) is 59.0 Å². The zero-order chi connectivity index (χ0) is 15.1. The summed E-state index contributed by atoms with van der Waals surface area (Å²) >= 11 is 0. The van der Waals surface area contributed by atoms with Crippen molar-refractivity contribution in [3.63, 3.8) is 0 Å². The highest BCUT2D eigenvalue weighted by molar-refractivity contribution is 5.69. The molecule has 2 rings (SSSR count). The van der Waals surface area contributed by atoms with Gasteiger partial charge < -0.3 is 14.6 Å². The molecule has 1 N–H and O–H groups in total. The number of carboxylic acids is 1. The summed E-state index contributed by atoms with van der Waals surface area (Å²) in [6.07, 6.45) is 2.10. The number of morpholine rings is 1. The maximum atomic E-state index is 10.8. The number of aliphatic carboxylic acids is 1. The zero-order valence-corrected chi connectivity index (χ0v) is 12.5. The van der Waals surface area contributed by atoms with Gasteiger partial charge in [-0.1, -0.05) is 25.5 Å². The number of carbonyl (C=O) groups is 1. The van der Waals surface area contributed by atoms with Crippen LogP contribution in [0.2, 0.25) is 0 Å². The molecule has 0 spiro atoms. The van der Waals surface area contributed by atoms with E-state index in [1.54, 1.807) is 0 Å². The molecule has 116 valence electrons. The first kappa shape index (κ1) is 15.8. The van der Waals surface area contributed by atoms with Gasteiger partial charge in [-0.05, 0) is 24.1 Å². The third kappa shape index (κ3) is 5.02. The van der Waals surface area contributed by atoms with E-state index in [4.69, 9.17) is 14.6 Å². The van der Waals surface area contributed by atoms with Crippen LogP contribution in [0, 0.1) is 0 Å². The van der Waals surface area contributed by atoms with Crippen molar-refractivity contribution in [2.24, 2.45) is 0 Å². The summed E-state index contributed by atoms with van der Waals surface area (Å²) in [5, 5.41) is 8.86. The molecule has 21 heavy (non-hydrogen) atoms. The normalized spacial score (nSPS) is 19.4. The molecule has 1 aromatic carbocycles. The van der Waals surface area contributed by atoms with Crippen molar-refractivity contribution in [3.8, 4) is 5.75 Å². The largest absolute Gasteiger partial charge is 0.494 e. The summed E-state index contributed by atoms with van der Waals surface area (Å²) in [6, 6.07) is 7.89. The average molecular weight is 293 g/mol. The first-order valence-electron chi connectivity index (χ1n) is 7.47. The monoisotopic (exact) mass is 293 g/mol. The minimum Gasteiger partial charge on any atom is -0.494 e. The van der Waals surface area contributed by atoms with Crippen molar-refractivity contribution in [2.45, 2.75) is 25.9 Å². The van der Waals surface area contributed by atoms with Crippen molar-refractivity contribution in [3.05, 3.63) is 29.8 Å². The van der Waals surface area contributed by atoms with E-state index in [1.165, 1.54) is 0 Å². The van der Waals surface area contributed by atoms with Crippen LogP contribution in [0.5, 0.6) is 5.75 Å². The van der Waals surface area contributed by atoms with Gasteiger partial charge in [0, 0.05) is 13.1 Å². The quantitative estimate of drug-likeness (QED) is 0.782. The van der Waals surface area contributed by atoms with E-state index in [-0.39, 0.29) is 12.6 Å². The lowest BCUT2D eigenvalue weighted by molar-refractivity contribution is -0.140. The fourth-order valence-electron chi connectivity index (χ4n) is 2.35. The van der Waals surface area contributed by atoms with Crippen molar-refractivity contribution in [1.82, 2.24) is 4.90 Å². The highest BCUT2D eigenvalue weighted by atomic mass is 16.5. The molecule has 0 amide bonds. The Morgan fingerprint density at radius 3 is 2.86 bits per heavy atom. The first-order chi connectivity index (χ1) is 10.2. The van der Waals surface area contributed by atoms with Gasteiger partial charge in [-0.15, -0.1) is 0 Å². The fourth-order valence-corrected chi connectivity index (χ4v) is 2.35. The smallest absolute Gasteiger partial charge is 0.317 e. The predicted molar refractivity (Wildman–Crippen MR) is 79.6 cm³/mol. The molecule has 1 heterocycles. The number of benzene rings is 1. The van der Waals surface area contributed by atoms with Gasteiger partial charge in [0.05, 0.1) is 25.9 Å². The number of carboxylic acid groups (broad SMARTS) is 1. The molecule has 1 unspecified atom stereocenters. The standard InChI is InChI=1S/C16H23NO4/c1-2-3-9-20-14-6-4-13(5-7-14)15-11-17(8-10-21-15)12-16(18)19/h4-7,15H,2-3,8-12H2,1H3,(H,18,19). The Hall–Kier alpha value is -1.59. The van der Waals surface area contributed by atoms with E-state index >= 15 is 0 Å². The van der Waals surface area contributed by atoms with Crippen LogP contribution in [0.25, 0.3) is 0 Å². The van der Waals surface area contributed by atoms with E-state index in [0.717, 1.165) is 30.8 Å². The number of rotatable bonds is 7. The summed E-state index contributed by atoms with van der Waals surface area (Å²) in [5.41, 5.74) is 1.06. The van der Waals surface area contributed by atoms with Gasteiger partial charge in [0.1, 0.15) is 5.75 Å². The molecule has 0 aromatic heterocycles. The van der Waals surface area contributed by atoms with E-state index in [2.05, 4.69) is 6.92 Å². The second-order valence-electron chi connectivity index (χ2n) is 5.26. The summed E-state index contributed by atoms with van der Waals surface area (Å²) in [4.78, 5) is 12.7. The molecular formula is C16H23NO4. The molecule has 5 heteroatoms. The molecule has 1 saturated heterocycles. The number of hydrogen-bond acceptors (Lipinski definition) is 4. The Bertz CT molecular complexity index is 446. The third-order valence-electron chi connectivity index (χ3n) is 3.53. The molecule has 1 aliphatic rings. The molecule has 1 atom stereocenters. The number of hydrogen-bond donors (Lipinski definition) is 1. The number of ether oxygens (including phenoxy) is 2. The molecule has 1 fully saturated rings. The Kier molecular flexibility index (Phi) is 6.02. The number of nitrogens with zero attached hydrogens (tertiary/aromatic N) is 1. The summed E-state index contributed by atoms with van der Waals surface area (Å²) in [7, 11) is 0. The van der Waals surface area contributed by atoms with Gasteiger partial charge >= 0.3 is 5.97 Å². The number of unbranched alkanes of at least 4 members (excludes halogenated alkanes) is 1. The Morgan fingerprint density at radius 2 is 2.19 bits per heavy atom. The highest BCUT2D eigenvalue weighted by Gasteiger charge is 2.23. The average Bonchev–Trinajstić information content (AvgIpc) is 2.48. The van der Waals surface area contributed by atoms with Crippen molar-refractivity contribution >= 4 is 5.97 Å². The van der Waals surface area contributed by atoms with Crippen LogP contribution in [0.1, 0.15) is 31.4 Å². The fraction of sp³-hybridized carbons (Fsp3) is 0.562. The molecule has 0 bridgehead atoms. The van der Waals surface area contributed by atoms with Gasteiger partial charge in [0.25, 0.3) is 0 Å². The summed E-state index contributed by atoms with van der Waals surface area (Å²) < 4.78 is 11.4. The molecule has 1 aromatic rings. The van der Waals surface area contributed by atoms with E-state index in [0.29, 0.717) is 19.7 Å². The summed E-state index contributed by atoms with van der Waals surface area (Å²) in [6.45, 7) is 4.78. The maximum absolute atomic E-state index is 10.8. The molecule has 0 saturated carbocycles. The minimum atomic E-state index is -0.796. The van der Waals surface area contributed by atoms with Crippen molar-refractivity contribution < 1.29 is 19.4 Å².